The van der Waals surface area contributed by atoms with E-state index < -0.39 is 0 Å². The summed E-state index contributed by atoms with van der Waals surface area (Å²) in [6.45, 7) is 4.29. The van der Waals surface area contributed by atoms with E-state index in [4.69, 9.17) is 11.6 Å². The molecule has 1 saturated heterocycles. The minimum atomic E-state index is 0. The molecule has 1 aromatic rings. The highest BCUT2D eigenvalue weighted by atomic mass is 35.5. The van der Waals surface area contributed by atoms with Crippen molar-refractivity contribution in [3.8, 4) is 0 Å². The average molecular weight is 318 g/mol. The lowest BCUT2D eigenvalue weighted by Crippen LogP contribution is -2.34. The predicted octanol–water partition coefficient (Wildman–Crippen LogP) is 2.30. The first-order valence-corrected chi connectivity index (χ1v) is 6.92. The van der Waals surface area contributed by atoms with Gasteiger partial charge in [-0.15, -0.1) is 12.4 Å². The Morgan fingerprint density at radius 3 is 2.90 bits per heavy atom. The number of likely N-dealkylation sites (tertiary alicyclic amines) is 1. The molecule has 20 heavy (non-hydrogen) atoms. The van der Waals surface area contributed by atoms with Gasteiger partial charge in [0.05, 0.1) is 6.54 Å². The fraction of sp³-hybridized carbons (Fsp3) is 0.500. The Bertz CT molecular complexity index is 468. The summed E-state index contributed by atoms with van der Waals surface area (Å²) in [5, 5.41) is 6.80. The molecule has 0 spiro atoms. The number of amides is 1. The van der Waals surface area contributed by atoms with Gasteiger partial charge in [0.2, 0.25) is 5.91 Å². The maximum Gasteiger partial charge on any atom is 0.238 e. The van der Waals surface area contributed by atoms with E-state index in [9.17, 15) is 4.79 Å². The molecule has 6 heteroatoms. The Hall–Kier alpha value is -0.810. The van der Waals surface area contributed by atoms with Crippen LogP contribution in [0.5, 0.6) is 0 Å². The van der Waals surface area contributed by atoms with Gasteiger partial charge in [-0.1, -0.05) is 17.7 Å². The quantitative estimate of drug-likeness (QED) is 0.895. The molecule has 1 atom stereocenters. The van der Waals surface area contributed by atoms with Crippen LogP contribution in [-0.2, 0) is 4.79 Å². The van der Waals surface area contributed by atoms with Crippen molar-refractivity contribution in [2.24, 2.45) is 0 Å². The van der Waals surface area contributed by atoms with Crippen LogP contribution < -0.4 is 10.6 Å². The van der Waals surface area contributed by atoms with Gasteiger partial charge < -0.3 is 10.6 Å². The molecular weight excluding hydrogens is 297 g/mol. The first kappa shape index (κ1) is 17.2. The van der Waals surface area contributed by atoms with E-state index in [1.54, 1.807) is 6.07 Å². The summed E-state index contributed by atoms with van der Waals surface area (Å²) in [5.74, 6) is 0.0159. The van der Waals surface area contributed by atoms with E-state index in [2.05, 4.69) is 15.5 Å². The van der Waals surface area contributed by atoms with Crippen molar-refractivity contribution in [2.75, 3.05) is 32.0 Å². The fourth-order valence-electron chi connectivity index (χ4n) is 2.33. The second kappa shape index (κ2) is 7.84. The number of nitrogens with zero attached hydrogens (tertiary/aromatic N) is 1. The normalized spacial score (nSPS) is 18.6. The molecule has 112 valence electrons. The van der Waals surface area contributed by atoms with Crippen molar-refractivity contribution < 1.29 is 4.79 Å². The molecule has 1 heterocycles. The van der Waals surface area contributed by atoms with E-state index in [1.165, 1.54) is 0 Å². The maximum atomic E-state index is 12.0. The van der Waals surface area contributed by atoms with E-state index in [-0.39, 0.29) is 18.3 Å². The molecule has 1 aromatic carbocycles. The van der Waals surface area contributed by atoms with Crippen LogP contribution in [0.4, 0.5) is 5.69 Å². The number of benzene rings is 1. The fourth-order valence-corrected chi connectivity index (χ4v) is 2.51. The molecule has 1 unspecified atom stereocenters. The Labute approximate surface area is 131 Å². The molecule has 0 bridgehead atoms. The van der Waals surface area contributed by atoms with Crippen molar-refractivity contribution in [1.29, 1.82) is 0 Å². The number of halogens is 2. The second-order valence-corrected chi connectivity index (χ2v) is 5.45. The third kappa shape index (κ3) is 4.63. The lowest BCUT2D eigenvalue weighted by atomic mass is 10.2. The molecule has 0 aliphatic carbocycles. The van der Waals surface area contributed by atoms with Gasteiger partial charge in [0.15, 0.2) is 0 Å². The van der Waals surface area contributed by atoms with Crippen LogP contribution in [0.3, 0.4) is 0 Å². The zero-order chi connectivity index (χ0) is 13.8. The molecule has 4 nitrogen and oxygen atoms in total. The van der Waals surface area contributed by atoms with E-state index >= 15 is 0 Å². The zero-order valence-corrected chi connectivity index (χ0v) is 13.4. The highest BCUT2D eigenvalue weighted by molar-refractivity contribution is 6.31. The second-order valence-electron chi connectivity index (χ2n) is 5.02. The van der Waals surface area contributed by atoms with Gasteiger partial charge in [-0.25, -0.2) is 0 Å². The number of nitrogens with one attached hydrogen (secondary N) is 2. The largest absolute Gasteiger partial charge is 0.325 e. The maximum absolute atomic E-state index is 12.0. The Kier molecular flexibility index (Phi) is 6.76. The molecule has 1 aliphatic rings. The van der Waals surface area contributed by atoms with Gasteiger partial charge in [0, 0.05) is 29.8 Å². The van der Waals surface area contributed by atoms with Gasteiger partial charge in [0.1, 0.15) is 0 Å². The first-order valence-electron chi connectivity index (χ1n) is 6.54. The van der Waals surface area contributed by atoms with Crippen molar-refractivity contribution in [3.63, 3.8) is 0 Å². The van der Waals surface area contributed by atoms with Crippen LogP contribution in [0.1, 0.15) is 12.0 Å². The third-order valence-electron chi connectivity index (χ3n) is 3.52. The number of anilines is 1. The number of aryl methyl sites for hydroxylation is 1. The van der Waals surface area contributed by atoms with Crippen LogP contribution in [-0.4, -0.2) is 43.5 Å². The van der Waals surface area contributed by atoms with Crippen LogP contribution in [0, 0.1) is 6.92 Å². The topological polar surface area (TPSA) is 44.4 Å². The molecule has 1 amide bonds. The van der Waals surface area contributed by atoms with Gasteiger partial charge in [-0.3, -0.25) is 9.69 Å². The monoisotopic (exact) mass is 317 g/mol. The molecular formula is C14H21Cl2N3O. The smallest absolute Gasteiger partial charge is 0.238 e. The average Bonchev–Trinajstić information content (AvgIpc) is 2.81. The number of carbonyl (C=O) groups is 1. The highest BCUT2D eigenvalue weighted by Crippen LogP contribution is 2.20. The molecule has 2 N–H and O–H groups in total. The van der Waals surface area contributed by atoms with Crippen LogP contribution in [0.2, 0.25) is 5.02 Å². The first-order chi connectivity index (χ1) is 9.08. The highest BCUT2D eigenvalue weighted by Gasteiger charge is 2.22. The minimum absolute atomic E-state index is 0. The molecule has 2 rings (SSSR count). The Morgan fingerprint density at radius 1 is 1.50 bits per heavy atom. The standard InChI is InChI=1S/C14H20ClN3O.ClH/c1-10-3-4-11(15)7-13(10)17-14(19)9-18-6-5-12(8-18)16-2;/h3-4,7,12,16H,5-6,8-9H2,1-2H3,(H,17,19);1H. The third-order valence-corrected chi connectivity index (χ3v) is 3.76. The Balaban J connectivity index is 0.00000200. The molecule has 0 radical (unpaired) electrons. The van der Waals surface area contributed by atoms with E-state index in [0.29, 0.717) is 17.6 Å². The van der Waals surface area contributed by atoms with Crippen LogP contribution in [0.25, 0.3) is 0 Å². The number of hydrogen-bond donors (Lipinski definition) is 2. The number of likely N-dealkylation sites (N-methyl/N-ethyl adjacent to an activating group) is 1. The summed E-state index contributed by atoms with van der Waals surface area (Å²) in [7, 11) is 1.96. The number of hydrogen-bond acceptors (Lipinski definition) is 3. The molecule has 1 fully saturated rings. The summed E-state index contributed by atoms with van der Waals surface area (Å²) < 4.78 is 0. The van der Waals surface area contributed by atoms with Crippen LogP contribution in [0.15, 0.2) is 18.2 Å². The van der Waals surface area contributed by atoms with Gasteiger partial charge in [-0.05, 0) is 38.1 Å². The van der Waals surface area contributed by atoms with Crippen molar-refractivity contribution in [1.82, 2.24) is 10.2 Å². The SMILES string of the molecule is CNC1CCN(CC(=O)Nc2cc(Cl)ccc2C)C1.Cl. The lowest BCUT2D eigenvalue weighted by Gasteiger charge is -2.16. The lowest BCUT2D eigenvalue weighted by molar-refractivity contribution is -0.117. The van der Waals surface area contributed by atoms with Crippen molar-refractivity contribution in [3.05, 3.63) is 28.8 Å². The van der Waals surface area contributed by atoms with E-state index in [1.807, 2.05) is 26.1 Å². The predicted molar refractivity (Wildman–Crippen MR) is 86.0 cm³/mol. The van der Waals surface area contributed by atoms with Gasteiger partial charge in [0.25, 0.3) is 0 Å². The zero-order valence-electron chi connectivity index (χ0n) is 11.8. The van der Waals surface area contributed by atoms with E-state index in [0.717, 1.165) is 30.8 Å². The molecule has 0 aromatic heterocycles. The summed E-state index contributed by atoms with van der Waals surface area (Å²) >= 11 is 5.94. The van der Waals surface area contributed by atoms with Crippen LogP contribution >= 0.6 is 24.0 Å². The van der Waals surface area contributed by atoms with Gasteiger partial charge in [-0.2, -0.15) is 0 Å². The number of carbonyl (C=O) groups excluding carboxylic acids is 1. The summed E-state index contributed by atoms with van der Waals surface area (Å²) in [4.78, 5) is 14.2. The van der Waals surface area contributed by atoms with Gasteiger partial charge >= 0.3 is 0 Å². The summed E-state index contributed by atoms with van der Waals surface area (Å²) in [6.07, 6.45) is 1.10. The molecule has 1 aliphatic heterocycles. The molecule has 0 saturated carbocycles. The minimum Gasteiger partial charge on any atom is -0.325 e. The summed E-state index contributed by atoms with van der Waals surface area (Å²) in [6, 6.07) is 6.02. The Morgan fingerprint density at radius 2 is 2.25 bits per heavy atom. The number of rotatable bonds is 4. The van der Waals surface area contributed by atoms with Crippen molar-refractivity contribution in [2.45, 2.75) is 19.4 Å². The van der Waals surface area contributed by atoms with Crippen molar-refractivity contribution >= 4 is 35.6 Å². The summed E-state index contributed by atoms with van der Waals surface area (Å²) in [5.41, 5.74) is 1.81.